The number of terminal acetylenes is 1. The monoisotopic (exact) mass is 557 g/mol. The van der Waals surface area contributed by atoms with Crippen LogP contribution in [0.15, 0.2) is 23.4 Å². The van der Waals surface area contributed by atoms with Crippen molar-refractivity contribution in [3.8, 4) is 12.3 Å². The number of halogens is 5. The normalized spacial score (nSPS) is 19.1. The number of rotatable bonds is 6. The van der Waals surface area contributed by atoms with E-state index in [0.29, 0.717) is 22.6 Å². The Morgan fingerprint density at radius 1 is 1.14 bits per heavy atom. The predicted octanol–water partition coefficient (Wildman–Crippen LogP) is 5.00. The summed E-state index contributed by atoms with van der Waals surface area (Å²) in [6.07, 6.45) is 2.54. The van der Waals surface area contributed by atoms with Crippen molar-refractivity contribution < 1.29 is 27.6 Å². The number of oxime groups is 1. The van der Waals surface area contributed by atoms with Crippen LogP contribution in [0.4, 0.5) is 13.2 Å². The second kappa shape index (κ2) is 10.3. The molecule has 6 nitrogen and oxygen atoms in total. The lowest BCUT2D eigenvalue weighted by Gasteiger charge is -2.29. The van der Waals surface area contributed by atoms with Gasteiger partial charge in [0.15, 0.2) is 0 Å². The lowest BCUT2D eigenvalue weighted by molar-refractivity contribution is -0.275. The number of amides is 2. The molecule has 0 spiro atoms. The highest BCUT2D eigenvalue weighted by Gasteiger charge is 2.62. The number of hydrogen-bond acceptors (Lipinski definition) is 5. The molecule has 2 aromatic rings. The minimum atomic E-state index is -4.82. The van der Waals surface area contributed by atoms with Crippen LogP contribution in [0.1, 0.15) is 50.5 Å². The summed E-state index contributed by atoms with van der Waals surface area (Å²) < 4.78 is 43.2. The molecule has 1 aromatic carbocycles. The maximum atomic E-state index is 14.4. The molecule has 0 saturated carbocycles. The third-order valence-corrected chi connectivity index (χ3v) is 7.76. The predicted molar refractivity (Wildman–Crippen MR) is 132 cm³/mol. The van der Waals surface area contributed by atoms with E-state index in [2.05, 4.69) is 21.7 Å². The quantitative estimate of drug-likeness (QED) is 0.491. The minimum absolute atomic E-state index is 0.0336. The van der Waals surface area contributed by atoms with Gasteiger partial charge in [0.05, 0.1) is 29.3 Å². The number of fused-ring (bicyclic) bond motifs is 1. The van der Waals surface area contributed by atoms with E-state index in [-0.39, 0.29) is 34.4 Å². The van der Waals surface area contributed by atoms with Crippen LogP contribution in [-0.4, -0.2) is 36.8 Å². The first kappa shape index (κ1) is 26.3. The Morgan fingerprint density at radius 2 is 1.81 bits per heavy atom. The highest BCUT2D eigenvalue weighted by atomic mass is 35.5. The summed E-state index contributed by atoms with van der Waals surface area (Å²) in [5.74, 6) is 1.33. The summed E-state index contributed by atoms with van der Waals surface area (Å²) in [5.41, 5.74) is -1.37. The summed E-state index contributed by atoms with van der Waals surface area (Å²) in [7, 11) is 0. The van der Waals surface area contributed by atoms with Crippen LogP contribution in [0.5, 0.6) is 0 Å². The van der Waals surface area contributed by atoms with Gasteiger partial charge in [0.25, 0.3) is 11.5 Å². The maximum absolute atomic E-state index is 14.4. The Labute approximate surface area is 219 Å². The van der Waals surface area contributed by atoms with Gasteiger partial charge in [-0.05, 0) is 55.0 Å². The molecule has 2 aliphatic rings. The number of carbonyl (C=O) groups excluding carboxylic acids is 2. The largest absolute Gasteiger partial charge is 0.435 e. The molecule has 2 amide bonds. The zero-order valence-electron chi connectivity index (χ0n) is 18.7. The number of nitrogens with zero attached hydrogens (tertiary/aromatic N) is 1. The number of nitrogens with one attached hydrogen (secondary N) is 2. The topological polar surface area (TPSA) is 79.8 Å². The van der Waals surface area contributed by atoms with Gasteiger partial charge in [-0.1, -0.05) is 34.3 Å². The molecule has 1 atom stereocenters. The smallest absolute Gasteiger partial charge is 0.374 e. The molecule has 4 rings (SSSR count). The molecule has 1 aliphatic carbocycles. The van der Waals surface area contributed by atoms with E-state index >= 15 is 0 Å². The number of benzene rings is 1. The third-order valence-electron chi connectivity index (χ3n) is 6.00. The first-order valence-electron chi connectivity index (χ1n) is 11.0. The van der Waals surface area contributed by atoms with Gasteiger partial charge >= 0.3 is 6.18 Å². The lowest BCUT2D eigenvalue weighted by Crippen LogP contribution is -2.42. The number of carbonyl (C=O) groups is 2. The van der Waals surface area contributed by atoms with Crippen molar-refractivity contribution in [3.63, 3.8) is 0 Å². The van der Waals surface area contributed by atoms with Crippen molar-refractivity contribution >= 4 is 52.1 Å². The second-order valence-corrected chi connectivity index (χ2v) is 10.3. The Bertz CT molecular complexity index is 1270. The van der Waals surface area contributed by atoms with Crippen LogP contribution in [-0.2, 0) is 28.1 Å². The van der Waals surface area contributed by atoms with Crippen LogP contribution < -0.4 is 10.6 Å². The van der Waals surface area contributed by atoms with E-state index in [1.54, 1.807) is 0 Å². The van der Waals surface area contributed by atoms with E-state index < -0.39 is 30.0 Å². The molecular weight excluding hydrogens is 538 g/mol. The zero-order valence-corrected chi connectivity index (χ0v) is 21.1. The molecule has 12 heteroatoms. The van der Waals surface area contributed by atoms with Crippen molar-refractivity contribution in [2.75, 3.05) is 13.1 Å². The van der Waals surface area contributed by atoms with Crippen LogP contribution in [0, 0.1) is 12.3 Å². The maximum Gasteiger partial charge on any atom is 0.435 e. The van der Waals surface area contributed by atoms with Crippen LogP contribution >= 0.6 is 34.5 Å². The molecule has 190 valence electrons. The molecule has 1 unspecified atom stereocenters. The SMILES string of the molecule is C#CCNC(=O)CNC(=O)c1sc(C2=NOC(c3cc(Cl)cc(Cl)c3)(C(F)(F)F)C2)c2c1CCCC2. The van der Waals surface area contributed by atoms with Crippen LogP contribution in [0.3, 0.4) is 0 Å². The molecule has 0 saturated heterocycles. The minimum Gasteiger partial charge on any atom is -0.374 e. The molecule has 0 radical (unpaired) electrons. The van der Waals surface area contributed by atoms with E-state index in [1.807, 2.05) is 0 Å². The van der Waals surface area contributed by atoms with E-state index in [4.69, 9.17) is 34.5 Å². The first-order valence-corrected chi connectivity index (χ1v) is 12.5. The van der Waals surface area contributed by atoms with Crippen molar-refractivity contribution in [1.29, 1.82) is 0 Å². The summed E-state index contributed by atoms with van der Waals surface area (Å²) in [4.78, 5) is 30.7. The number of hydrogen-bond donors (Lipinski definition) is 2. The fourth-order valence-corrected chi connectivity index (χ4v) is 6.13. The van der Waals surface area contributed by atoms with Gasteiger partial charge in [-0.2, -0.15) is 13.2 Å². The van der Waals surface area contributed by atoms with Crippen molar-refractivity contribution in [3.05, 3.63) is 54.7 Å². The summed E-state index contributed by atoms with van der Waals surface area (Å²) in [6, 6.07) is 3.65. The average molecular weight is 558 g/mol. The van der Waals surface area contributed by atoms with Gasteiger partial charge in [-0.25, -0.2) is 0 Å². The molecule has 0 fully saturated rings. The summed E-state index contributed by atoms with van der Waals surface area (Å²) in [6.45, 7) is -0.245. The fraction of sp³-hybridized carbons (Fsp3) is 0.375. The highest BCUT2D eigenvalue weighted by Crippen LogP contribution is 2.51. The lowest BCUT2D eigenvalue weighted by atomic mass is 9.85. The molecule has 1 aromatic heterocycles. The van der Waals surface area contributed by atoms with E-state index in [9.17, 15) is 22.8 Å². The molecule has 36 heavy (non-hydrogen) atoms. The molecule has 2 N–H and O–H groups in total. The number of alkyl halides is 3. The van der Waals surface area contributed by atoms with Crippen molar-refractivity contribution in [1.82, 2.24) is 10.6 Å². The van der Waals surface area contributed by atoms with E-state index in [0.717, 1.165) is 47.4 Å². The van der Waals surface area contributed by atoms with Gasteiger partial charge in [0, 0.05) is 15.6 Å². The highest BCUT2D eigenvalue weighted by molar-refractivity contribution is 7.16. The number of thiophene rings is 1. The van der Waals surface area contributed by atoms with Gasteiger partial charge < -0.3 is 15.5 Å². The summed E-state index contributed by atoms with van der Waals surface area (Å²) >= 11 is 13.0. The molecule has 2 heterocycles. The van der Waals surface area contributed by atoms with Crippen LogP contribution in [0.25, 0.3) is 0 Å². The van der Waals surface area contributed by atoms with Crippen molar-refractivity contribution in [2.24, 2.45) is 5.16 Å². The van der Waals surface area contributed by atoms with E-state index in [1.165, 1.54) is 6.07 Å². The Balaban J connectivity index is 1.65. The van der Waals surface area contributed by atoms with Crippen LogP contribution in [0.2, 0.25) is 10.0 Å². The van der Waals surface area contributed by atoms with Crippen molar-refractivity contribution in [2.45, 2.75) is 43.9 Å². The zero-order chi connectivity index (χ0) is 26.1. The Hall–Kier alpha value is -2.74. The standard InChI is InChI=1S/C24H20Cl2F3N3O3S/c1-2-7-30-19(33)12-31-22(34)21-17-6-4-3-5-16(17)20(36-21)18-11-23(35-32-18,24(27,28)29)13-8-14(25)10-15(26)9-13/h1,8-10H,3-7,11-12H2,(H,30,33)(H,31,34). The summed E-state index contributed by atoms with van der Waals surface area (Å²) in [5, 5.41) is 8.94. The first-order chi connectivity index (χ1) is 17.1. The van der Waals surface area contributed by atoms with Gasteiger partial charge in [-0.15, -0.1) is 17.8 Å². The van der Waals surface area contributed by atoms with Gasteiger partial charge in [-0.3, -0.25) is 9.59 Å². The van der Waals surface area contributed by atoms with Gasteiger partial charge in [0.2, 0.25) is 5.91 Å². The fourth-order valence-electron chi connectivity index (χ4n) is 4.31. The third kappa shape index (κ3) is 5.05. The second-order valence-electron chi connectivity index (χ2n) is 8.38. The molecule has 0 bridgehead atoms. The molecule has 1 aliphatic heterocycles. The Morgan fingerprint density at radius 3 is 2.44 bits per heavy atom. The molecular formula is C24H20Cl2F3N3O3S. The van der Waals surface area contributed by atoms with Gasteiger partial charge in [0.1, 0.15) is 5.71 Å². The Kier molecular flexibility index (Phi) is 7.55. The average Bonchev–Trinajstić information content (AvgIpc) is 3.43.